The zero-order chi connectivity index (χ0) is 19.2. The molecule has 146 valence electrons. The number of pyridine rings is 1. The van der Waals surface area contributed by atoms with Crippen molar-refractivity contribution in [3.63, 3.8) is 0 Å². The van der Waals surface area contributed by atoms with Gasteiger partial charge in [0.05, 0.1) is 16.3 Å². The molecule has 1 aromatic heterocycles. The Morgan fingerprint density at radius 1 is 1.15 bits per heavy atom. The van der Waals surface area contributed by atoms with Gasteiger partial charge in [0.2, 0.25) is 10.0 Å². The molecule has 1 saturated heterocycles. The molecule has 4 rings (SSSR count). The summed E-state index contributed by atoms with van der Waals surface area (Å²) >= 11 is 0. The summed E-state index contributed by atoms with van der Waals surface area (Å²) in [5.41, 5.74) is 0.334. The summed E-state index contributed by atoms with van der Waals surface area (Å²) < 4.78 is 66.0. The van der Waals surface area contributed by atoms with Crippen molar-refractivity contribution in [1.29, 1.82) is 0 Å². The predicted molar refractivity (Wildman–Crippen MR) is 97.1 cm³/mol. The highest BCUT2D eigenvalue weighted by Gasteiger charge is 2.38. The number of sulfonamides is 1. The highest BCUT2D eigenvalue weighted by Crippen LogP contribution is 2.34. The third-order valence-electron chi connectivity index (χ3n) is 5.10. The highest BCUT2D eigenvalue weighted by atomic mass is 32.2. The van der Waals surface area contributed by atoms with Crippen molar-refractivity contribution in [3.8, 4) is 0 Å². The first-order valence-electron chi connectivity index (χ1n) is 8.96. The van der Waals surface area contributed by atoms with Gasteiger partial charge in [-0.1, -0.05) is 6.07 Å². The van der Waals surface area contributed by atoms with Gasteiger partial charge in [0.25, 0.3) is 0 Å². The fourth-order valence-electron chi connectivity index (χ4n) is 3.58. The number of nitrogens with zero attached hydrogens (tertiary/aromatic N) is 2. The molecule has 27 heavy (non-hydrogen) atoms. The summed E-state index contributed by atoms with van der Waals surface area (Å²) in [7, 11) is -3.27. The zero-order valence-electron chi connectivity index (χ0n) is 14.5. The van der Waals surface area contributed by atoms with E-state index in [9.17, 15) is 21.6 Å². The first kappa shape index (κ1) is 18.5. The number of piperidine rings is 1. The van der Waals surface area contributed by atoms with Crippen molar-refractivity contribution >= 4 is 26.6 Å². The van der Waals surface area contributed by atoms with Crippen LogP contribution in [0, 0.1) is 0 Å². The number of nitrogens with one attached hydrogen (secondary N) is 1. The van der Waals surface area contributed by atoms with Crippen LogP contribution in [0.3, 0.4) is 0 Å². The van der Waals surface area contributed by atoms with Crippen LogP contribution in [0.1, 0.15) is 31.2 Å². The van der Waals surface area contributed by atoms with Gasteiger partial charge in [-0.15, -0.1) is 0 Å². The van der Waals surface area contributed by atoms with E-state index in [0.29, 0.717) is 24.8 Å². The van der Waals surface area contributed by atoms with Gasteiger partial charge < -0.3 is 4.90 Å². The zero-order valence-corrected chi connectivity index (χ0v) is 15.4. The number of hydrogen-bond donors (Lipinski definition) is 1. The molecule has 9 heteroatoms. The van der Waals surface area contributed by atoms with Crippen LogP contribution in [0.25, 0.3) is 10.9 Å². The number of halogens is 3. The Balaban J connectivity index is 1.59. The van der Waals surface area contributed by atoms with E-state index in [1.807, 2.05) is 4.90 Å². The van der Waals surface area contributed by atoms with Gasteiger partial charge in [-0.25, -0.2) is 13.1 Å². The normalized spacial score (nSPS) is 21.6. The smallest absolute Gasteiger partial charge is 0.369 e. The van der Waals surface area contributed by atoms with E-state index < -0.39 is 21.8 Å². The molecular formula is C18H20F3N3O2S. The minimum Gasteiger partial charge on any atom is -0.369 e. The lowest BCUT2D eigenvalue weighted by Crippen LogP contribution is -2.48. The minimum absolute atomic E-state index is 0.193. The standard InChI is InChI=1S/C18H20F3N3O2S/c19-18(20,21)12-3-6-15-16(10-12)22-8-7-17(15)24-9-1-2-13(11-24)23-27(25,26)14-4-5-14/h3,6-8,10,13-14,23H,1-2,4-5,9,11H2. The van der Waals surface area contributed by atoms with E-state index in [4.69, 9.17) is 0 Å². The largest absolute Gasteiger partial charge is 0.416 e. The van der Waals surface area contributed by atoms with Gasteiger partial charge in [0, 0.05) is 36.4 Å². The van der Waals surface area contributed by atoms with Crippen molar-refractivity contribution in [3.05, 3.63) is 36.0 Å². The molecule has 2 heterocycles. The summed E-state index contributed by atoms with van der Waals surface area (Å²) in [4.78, 5) is 6.11. The van der Waals surface area contributed by atoms with Crippen LogP contribution >= 0.6 is 0 Å². The summed E-state index contributed by atoms with van der Waals surface area (Å²) in [6.45, 7) is 1.22. The SMILES string of the molecule is O=S(=O)(NC1CCCN(c2ccnc3cc(C(F)(F)F)ccc23)C1)C1CC1. The van der Waals surface area contributed by atoms with Crippen molar-refractivity contribution in [2.45, 2.75) is 43.2 Å². The third-order valence-corrected chi connectivity index (χ3v) is 7.11. The average molecular weight is 399 g/mol. The first-order valence-corrected chi connectivity index (χ1v) is 10.5. The van der Waals surface area contributed by atoms with Crippen molar-refractivity contribution in [1.82, 2.24) is 9.71 Å². The van der Waals surface area contributed by atoms with Crippen LogP contribution in [-0.2, 0) is 16.2 Å². The van der Waals surface area contributed by atoms with E-state index in [0.717, 1.165) is 37.2 Å². The van der Waals surface area contributed by atoms with E-state index in [1.165, 1.54) is 12.3 Å². The van der Waals surface area contributed by atoms with Gasteiger partial charge in [0.1, 0.15) is 0 Å². The molecule has 2 fully saturated rings. The Bertz CT molecular complexity index is 958. The van der Waals surface area contributed by atoms with Gasteiger partial charge in [-0.3, -0.25) is 4.98 Å². The summed E-state index contributed by atoms with van der Waals surface area (Å²) in [6.07, 6.45) is 0.0651. The molecule has 0 spiro atoms. The number of benzene rings is 1. The molecule has 0 amide bonds. The molecule has 1 N–H and O–H groups in total. The highest BCUT2D eigenvalue weighted by molar-refractivity contribution is 7.90. The van der Waals surface area contributed by atoms with Crippen molar-refractivity contribution in [2.24, 2.45) is 0 Å². The molecular weight excluding hydrogens is 379 g/mol. The van der Waals surface area contributed by atoms with E-state index in [-0.39, 0.29) is 16.8 Å². The Hall–Kier alpha value is -1.87. The van der Waals surface area contributed by atoms with E-state index in [2.05, 4.69) is 9.71 Å². The Kier molecular flexibility index (Phi) is 4.54. The molecule has 2 aliphatic rings. The molecule has 1 aromatic carbocycles. The molecule has 0 radical (unpaired) electrons. The number of alkyl halides is 3. The third kappa shape index (κ3) is 3.89. The molecule has 1 aliphatic heterocycles. The van der Waals surface area contributed by atoms with Gasteiger partial charge >= 0.3 is 6.18 Å². The van der Waals surface area contributed by atoms with Gasteiger partial charge in [-0.2, -0.15) is 13.2 Å². The number of rotatable bonds is 4. The molecule has 2 aromatic rings. The van der Waals surface area contributed by atoms with E-state index in [1.54, 1.807) is 6.07 Å². The average Bonchev–Trinajstić information content (AvgIpc) is 3.45. The molecule has 1 atom stereocenters. The summed E-state index contributed by atoms with van der Waals surface area (Å²) in [5.74, 6) is 0. The lowest BCUT2D eigenvalue weighted by molar-refractivity contribution is -0.137. The maximum absolute atomic E-state index is 12.9. The summed E-state index contributed by atoms with van der Waals surface area (Å²) in [6, 6.07) is 5.13. The summed E-state index contributed by atoms with van der Waals surface area (Å²) in [5, 5.41) is 0.367. The number of hydrogen-bond acceptors (Lipinski definition) is 4. The molecule has 1 saturated carbocycles. The Morgan fingerprint density at radius 2 is 1.93 bits per heavy atom. The topological polar surface area (TPSA) is 62.3 Å². The monoisotopic (exact) mass is 399 g/mol. The fourth-order valence-corrected chi connectivity index (χ4v) is 5.19. The quantitative estimate of drug-likeness (QED) is 0.857. The molecule has 0 bridgehead atoms. The Morgan fingerprint density at radius 3 is 2.63 bits per heavy atom. The second-order valence-electron chi connectivity index (χ2n) is 7.21. The number of aromatic nitrogens is 1. The molecule has 5 nitrogen and oxygen atoms in total. The maximum Gasteiger partial charge on any atom is 0.416 e. The first-order chi connectivity index (χ1) is 12.7. The predicted octanol–water partition coefficient (Wildman–Crippen LogP) is 3.30. The maximum atomic E-state index is 12.9. The van der Waals surface area contributed by atoms with Crippen LogP contribution < -0.4 is 9.62 Å². The van der Waals surface area contributed by atoms with Gasteiger partial charge in [0.15, 0.2) is 0 Å². The van der Waals surface area contributed by atoms with Gasteiger partial charge in [-0.05, 0) is 43.9 Å². The van der Waals surface area contributed by atoms with Crippen molar-refractivity contribution < 1.29 is 21.6 Å². The lowest BCUT2D eigenvalue weighted by Gasteiger charge is -2.35. The second kappa shape index (κ2) is 6.63. The lowest BCUT2D eigenvalue weighted by atomic mass is 10.0. The number of fused-ring (bicyclic) bond motifs is 1. The second-order valence-corrected chi connectivity index (χ2v) is 9.20. The van der Waals surface area contributed by atoms with Crippen LogP contribution in [0.5, 0.6) is 0 Å². The van der Waals surface area contributed by atoms with Crippen LogP contribution in [-0.4, -0.2) is 37.8 Å². The molecule has 1 aliphatic carbocycles. The number of anilines is 1. The van der Waals surface area contributed by atoms with E-state index >= 15 is 0 Å². The van der Waals surface area contributed by atoms with Crippen molar-refractivity contribution in [2.75, 3.05) is 18.0 Å². The van der Waals surface area contributed by atoms with Crippen LogP contribution in [0.15, 0.2) is 30.5 Å². The van der Waals surface area contributed by atoms with Crippen LogP contribution in [0.4, 0.5) is 18.9 Å². The molecule has 1 unspecified atom stereocenters. The van der Waals surface area contributed by atoms with Crippen LogP contribution in [0.2, 0.25) is 0 Å². The fraction of sp³-hybridized carbons (Fsp3) is 0.500. The minimum atomic E-state index is -4.41. The Labute approximate surface area is 155 Å².